The van der Waals surface area contributed by atoms with Gasteiger partial charge in [-0.25, -0.2) is 4.99 Å². The third kappa shape index (κ3) is 4.15. The van der Waals surface area contributed by atoms with E-state index in [9.17, 15) is 4.79 Å². The zero-order valence-electron chi connectivity index (χ0n) is 18.2. The third-order valence-electron chi connectivity index (χ3n) is 7.32. The molecule has 3 atom stereocenters. The fourth-order valence-corrected chi connectivity index (χ4v) is 5.36. The normalized spacial score (nSPS) is 28.6. The molecule has 0 aromatic heterocycles. The molecule has 1 fully saturated rings. The van der Waals surface area contributed by atoms with Crippen LogP contribution in [0.3, 0.4) is 0 Å². The molecule has 1 aromatic rings. The van der Waals surface area contributed by atoms with Gasteiger partial charge in [-0.3, -0.25) is 9.79 Å². The number of carbonyl (C=O) groups is 1. The van der Waals surface area contributed by atoms with Gasteiger partial charge in [0.1, 0.15) is 0 Å². The van der Waals surface area contributed by atoms with Crippen LogP contribution in [-0.2, 0) is 4.79 Å². The van der Waals surface area contributed by atoms with Crippen molar-refractivity contribution < 1.29 is 4.79 Å². The third-order valence-corrected chi connectivity index (χ3v) is 7.32. The molecule has 1 aliphatic carbocycles. The Morgan fingerprint density at radius 2 is 1.79 bits per heavy atom. The van der Waals surface area contributed by atoms with Gasteiger partial charge in [0.2, 0.25) is 5.91 Å². The first kappa shape index (κ1) is 20.3. The lowest BCUT2D eigenvalue weighted by Crippen LogP contribution is -2.31. The minimum atomic E-state index is 0.00141. The fraction of sp³-hybridized carbons (Fsp3) is 0.577. The van der Waals surface area contributed by atoms with Gasteiger partial charge in [0.15, 0.2) is 0 Å². The molecule has 3 heteroatoms. The van der Waals surface area contributed by atoms with Crippen molar-refractivity contribution in [1.29, 1.82) is 0 Å². The maximum absolute atomic E-state index is 12.9. The summed E-state index contributed by atoms with van der Waals surface area (Å²) < 4.78 is 0. The molecule has 0 N–H and O–H groups in total. The molecule has 3 nitrogen and oxygen atoms in total. The van der Waals surface area contributed by atoms with E-state index in [1.165, 1.54) is 37.7 Å². The first-order valence-corrected chi connectivity index (χ1v) is 11.5. The van der Waals surface area contributed by atoms with Gasteiger partial charge in [-0.15, -0.1) is 0 Å². The lowest BCUT2D eigenvalue weighted by atomic mass is 9.72. The molecule has 0 saturated heterocycles. The molecule has 1 aromatic carbocycles. The van der Waals surface area contributed by atoms with Crippen LogP contribution in [0.15, 0.2) is 45.9 Å². The summed E-state index contributed by atoms with van der Waals surface area (Å²) in [6.07, 6.45) is 10.5. The average molecular weight is 391 g/mol. The SMILES string of the molecule is CCC1CC=C2C(c3ccc(C)cc3)=NCC(C3CCCCC3)C(C)C2=NC1=O. The highest BCUT2D eigenvalue weighted by atomic mass is 16.1. The first-order chi connectivity index (χ1) is 14.1. The van der Waals surface area contributed by atoms with Crippen molar-refractivity contribution in [1.82, 2.24) is 0 Å². The molecule has 3 unspecified atom stereocenters. The van der Waals surface area contributed by atoms with Gasteiger partial charge in [0.05, 0.1) is 11.4 Å². The van der Waals surface area contributed by atoms with E-state index < -0.39 is 0 Å². The van der Waals surface area contributed by atoms with Crippen LogP contribution in [0, 0.1) is 30.6 Å². The summed E-state index contributed by atoms with van der Waals surface area (Å²) in [6, 6.07) is 8.64. The highest BCUT2D eigenvalue weighted by Crippen LogP contribution is 2.38. The van der Waals surface area contributed by atoms with E-state index in [2.05, 4.69) is 51.1 Å². The quantitative estimate of drug-likeness (QED) is 0.628. The second-order valence-electron chi connectivity index (χ2n) is 9.20. The lowest BCUT2D eigenvalue weighted by Gasteiger charge is -2.33. The summed E-state index contributed by atoms with van der Waals surface area (Å²) in [5.74, 6) is 1.51. The number of hydrogen-bond donors (Lipinski definition) is 0. The van der Waals surface area contributed by atoms with Gasteiger partial charge >= 0.3 is 0 Å². The van der Waals surface area contributed by atoms with Gasteiger partial charge in [0, 0.05) is 29.5 Å². The molecular formula is C26H34N2O. The van der Waals surface area contributed by atoms with Crippen molar-refractivity contribution in [2.45, 2.75) is 65.7 Å². The standard InChI is InChI=1S/C26H34N2O/c1-4-19-14-15-22-24(28-26(19)29)18(3)23(20-8-6-5-7-9-20)16-27-25(22)21-12-10-17(2)11-13-21/h10-13,15,18-20,23H,4-9,14,16H2,1-3H3. The summed E-state index contributed by atoms with van der Waals surface area (Å²) in [5.41, 5.74) is 5.55. The molecule has 0 bridgehead atoms. The molecule has 2 heterocycles. The van der Waals surface area contributed by atoms with E-state index in [4.69, 9.17) is 9.98 Å². The molecule has 0 spiro atoms. The van der Waals surface area contributed by atoms with Gasteiger partial charge in [0.25, 0.3) is 0 Å². The number of fused-ring (bicyclic) bond motifs is 1. The number of nitrogens with zero attached hydrogens (tertiary/aromatic N) is 2. The zero-order valence-corrected chi connectivity index (χ0v) is 18.2. The van der Waals surface area contributed by atoms with E-state index in [-0.39, 0.29) is 17.7 Å². The van der Waals surface area contributed by atoms with E-state index in [0.717, 1.165) is 41.9 Å². The minimum Gasteiger partial charge on any atom is -0.284 e. The summed E-state index contributed by atoms with van der Waals surface area (Å²) in [4.78, 5) is 22.8. The van der Waals surface area contributed by atoms with Crippen LogP contribution < -0.4 is 0 Å². The van der Waals surface area contributed by atoms with E-state index >= 15 is 0 Å². The highest BCUT2D eigenvalue weighted by Gasteiger charge is 2.37. The lowest BCUT2D eigenvalue weighted by molar-refractivity contribution is -0.121. The van der Waals surface area contributed by atoms with Crippen molar-refractivity contribution in [3.63, 3.8) is 0 Å². The molecule has 1 saturated carbocycles. The minimum absolute atomic E-state index is 0.00141. The monoisotopic (exact) mass is 390 g/mol. The number of aryl methyl sites for hydroxylation is 1. The Morgan fingerprint density at radius 1 is 1.07 bits per heavy atom. The van der Waals surface area contributed by atoms with Crippen LogP contribution in [0.5, 0.6) is 0 Å². The Hall–Kier alpha value is -2.03. The molecule has 0 radical (unpaired) electrons. The van der Waals surface area contributed by atoms with Crippen molar-refractivity contribution in [2.75, 3.05) is 6.54 Å². The van der Waals surface area contributed by atoms with Crippen LogP contribution in [0.25, 0.3) is 0 Å². The molecule has 3 aliphatic rings. The Labute approximate surface area is 175 Å². The number of rotatable bonds is 3. The van der Waals surface area contributed by atoms with Crippen LogP contribution in [0.2, 0.25) is 0 Å². The topological polar surface area (TPSA) is 41.8 Å². The van der Waals surface area contributed by atoms with Crippen LogP contribution in [0.1, 0.15) is 69.9 Å². The average Bonchev–Trinajstić information content (AvgIpc) is 2.98. The molecule has 1 amide bonds. The molecular weight excluding hydrogens is 356 g/mol. The molecule has 154 valence electrons. The predicted molar refractivity (Wildman–Crippen MR) is 121 cm³/mol. The van der Waals surface area contributed by atoms with Crippen LogP contribution >= 0.6 is 0 Å². The summed E-state index contributed by atoms with van der Waals surface area (Å²) >= 11 is 0. The second kappa shape index (κ2) is 8.77. The number of hydrogen-bond acceptors (Lipinski definition) is 2. The number of benzene rings is 1. The summed E-state index contributed by atoms with van der Waals surface area (Å²) in [5, 5.41) is 0. The smallest absolute Gasteiger partial charge is 0.249 e. The molecule has 4 rings (SSSR count). The van der Waals surface area contributed by atoms with Crippen LogP contribution in [0.4, 0.5) is 0 Å². The highest BCUT2D eigenvalue weighted by molar-refractivity contribution is 6.32. The van der Waals surface area contributed by atoms with Gasteiger partial charge in [-0.2, -0.15) is 0 Å². The number of carbonyl (C=O) groups excluding carboxylic acids is 1. The van der Waals surface area contributed by atoms with Crippen molar-refractivity contribution in [2.24, 2.45) is 33.7 Å². The summed E-state index contributed by atoms with van der Waals surface area (Å²) in [6.45, 7) is 7.34. The Bertz CT molecular complexity index is 840. The second-order valence-corrected chi connectivity index (χ2v) is 9.20. The Kier molecular flexibility index (Phi) is 6.12. The predicted octanol–water partition coefficient (Wildman–Crippen LogP) is 5.95. The van der Waals surface area contributed by atoms with E-state index in [0.29, 0.717) is 11.8 Å². The maximum Gasteiger partial charge on any atom is 0.249 e. The number of aliphatic imine (C=N–C) groups is 2. The molecule has 29 heavy (non-hydrogen) atoms. The molecule has 2 aliphatic heterocycles. The van der Waals surface area contributed by atoms with Gasteiger partial charge < -0.3 is 0 Å². The Morgan fingerprint density at radius 3 is 2.48 bits per heavy atom. The number of allylic oxidation sites excluding steroid dienone is 2. The Balaban J connectivity index is 1.79. The first-order valence-electron chi connectivity index (χ1n) is 11.5. The van der Waals surface area contributed by atoms with Crippen molar-refractivity contribution in [3.8, 4) is 0 Å². The van der Waals surface area contributed by atoms with Crippen LogP contribution in [-0.4, -0.2) is 23.9 Å². The van der Waals surface area contributed by atoms with Crippen molar-refractivity contribution >= 4 is 17.3 Å². The largest absolute Gasteiger partial charge is 0.284 e. The number of amides is 1. The summed E-state index contributed by atoms with van der Waals surface area (Å²) in [7, 11) is 0. The fourth-order valence-electron chi connectivity index (χ4n) is 5.36. The maximum atomic E-state index is 12.9. The van der Waals surface area contributed by atoms with Crippen molar-refractivity contribution in [3.05, 3.63) is 47.0 Å². The van der Waals surface area contributed by atoms with E-state index in [1.54, 1.807) is 0 Å². The zero-order chi connectivity index (χ0) is 20.4. The van der Waals surface area contributed by atoms with Gasteiger partial charge in [-0.1, -0.05) is 81.9 Å². The van der Waals surface area contributed by atoms with Gasteiger partial charge in [-0.05, 0) is 31.6 Å². The van der Waals surface area contributed by atoms with E-state index in [1.807, 2.05) is 0 Å².